The van der Waals surface area contributed by atoms with Crippen molar-refractivity contribution in [2.75, 3.05) is 4.90 Å². The summed E-state index contributed by atoms with van der Waals surface area (Å²) in [5.41, 5.74) is 15.7. The lowest BCUT2D eigenvalue weighted by atomic mass is 9.90. The van der Waals surface area contributed by atoms with Crippen LogP contribution in [0.25, 0.3) is 65.4 Å². The summed E-state index contributed by atoms with van der Waals surface area (Å²) in [6.07, 6.45) is 12.5. The van der Waals surface area contributed by atoms with Crippen molar-refractivity contribution < 1.29 is 4.74 Å². The highest BCUT2D eigenvalue weighted by Crippen LogP contribution is 2.46. The monoisotopic (exact) mass is 804 g/mol. The number of hydrogen-bond acceptors (Lipinski definition) is 3. The van der Waals surface area contributed by atoms with Crippen molar-refractivity contribution in [3.8, 4) is 44.1 Å². The van der Waals surface area contributed by atoms with Gasteiger partial charge >= 0.3 is 0 Å². The number of anilines is 3. The lowest BCUT2D eigenvalue weighted by Gasteiger charge is -2.26. The van der Waals surface area contributed by atoms with Crippen LogP contribution in [0, 0.1) is 0 Å². The zero-order valence-corrected chi connectivity index (χ0v) is 34.9. The molecule has 2 aliphatic rings. The van der Waals surface area contributed by atoms with Gasteiger partial charge < -0.3 is 14.2 Å². The highest BCUT2D eigenvalue weighted by Gasteiger charge is 2.30. The van der Waals surface area contributed by atoms with Gasteiger partial charge in [-0.25, -0.2) is 0 Å². The van der Waals surface area contributed by atoms with Gasteiger partial charge in [-0.1, -0.05) is 129 Å². The fraction of sp³-hybridized carbons (Fsp3) is 0.0877. The molecule has 0 radical (unpaired) electrons. The van der Waals surface area contributed by atoms with Gasteiger partial charge in [-0.15, -0.1) is 11.3 Å². The largest absolute Gasteiger partial charge is 0.486 e. The molecule has 0 saturated heterocycles. The van der Waals surface area contributed by atoms with Crippen LogP contribution in [0.3, 0.4) is 0 Å². The molecule has 0 bridgehead atoms. The first-order chi connectivity index (χ1) is 30.1. The van der Waals surface area contributed by atoms with Crippen molar-refractivity contribution in [1.29, 1.82) is 0 Å². The Labute approximate surface area is 361 Å². The van der Waals surface area contributed by atoms with Crippen molar-refractivity contribution >= 4 is 55.5 Å². The number of hydrogen-bond donors (Lipinski definition) is 0. The van der Waals surface area contributed by atoms with Crippen molar-refractivity contribution in [1.82, 2.24) is 4.57 Å². The molecule has 7 aromatic carbocycles. The Morgan fingerprint density at radius 3 is 1.93 bits per heavy atom. The summed E-state index contributed by atoms with van der Waals surface area (Å²) in [6.45, 7) is 6.21. The summed E-state index contributed by atoms with van der Waals surface area (Å²) in [7, 11) is 0. The van der Waals surface area contributed by atoms with Crippen LogP contribution in [0.1, 0.15) is 36.1 Å². The quantitative estimate of drug-likeness (QED) is 0.135. The fourth-order valence-corrected chi connectivity index (χ4v) is 10.4. The molecule has 0 fully saturated rings. The lowest BCUT2D eigenvalue weighted by Crippen LogP contribution is -2.09. The average molecular weight is 805 g/mol. The summed E-state index contributed by atoms with van der Waals surface area (Å²) < 4.78 is 10.2. The molecule has 1 aliphatic heterocycles. The van der Waals surface area contributed by atoms with E-state index in [1.54, 1.807) is 0 Å². The smallest absolute Gasteiger partial charge is 0.125 e. The van der Waals surface area contributed by atoms with Gasteiger partial charge in [0, 0.05) is 55.4 Å². The third-order valence-corrected chi connectivity index (χ3v) is 13.5. The van der Waals surface area contributed by atoms with E-state index in [1.165, 1.54) is 70.5 Å². The van der Waals surface area contributed by atoms with Crippen molar-refractivity contribution in [3.05, 3.63) is 218 Å². The third-order valence-electron chi connectivity index (χ3n) is 12.3. The second kappa shape index (κ2) is 15.5. The van der Waals surface area contributed by atoms with Crippen molar-refractivity contribution in [3.63, 3.8) is 0 Å². The van der Waals surface area contributed by atoms with Gasteiger partial charge in [0.1, 0.15) is 11.9 Å². The van der Waals surface area contributed by atoms with E-state index in [1.807, 2.05) is 23.5 Å². The average Bonchev–Trinajstić information content (AvgIpc) is 4.04. The Kier molecular flexibility index (Phi) is 9.36. The van der Waals surface area contributed by atoms with Crippen LogP contribution in [0.15, 0.2) is 201 Å². The predicted molar refractivity (Wildman–Crippen MR) is 259 cm³/mol. The van der Waals surface area contributed by atoms with E-state index in [2.05, 4.69) is 211 Å². The Hall–Kier alpha value is -7.14. The van der Waals surface area contributed by atoms with Gasteiger partial charge in [-0.3, -0.25) is 0 Å². The maximum Gasteiger partial charge on any atom is 0.125 e. The highest BCUT2D eigenvalue weighted by atomic mass is 32.1. The van der Waals surface area contributed by atoms with Crippen LogP contribution in [-0.4, -0.2) is 10.7 Å². The van der Waals surface area contributed by atoms with E-state index in [-0.39, 0.29) is 6.10 Å². The van der Waals surface area contributed by atoms with E-state index in [9.17, 15) is 0 Å². The third kappa shape index (κ3) is 6.70. The normalized spacial score (nSPS) is 15.6. The zero-order chi connectivity index (χ0) is 40.9. The summed E-state index contributed by atoms with van der Waals surface area (Å²) >= 11 is 1.84. The Morgan fingerprint density at radius 2 is 1.28 bits per heavy atom. The second-order valence-corrected chi connectivity index (χ2v) is 17.2. The Balaban J connectivity index is 0.932. The maximum atomic E-state index is 6.41. The van der Waals surface area contributed by atoms with E-state index >= 15 is 0 Å². The van der Waals surface area contributed by atoms with Crippen molar-refractivity contribution in [2.45, 2.75) is 31.8 Å². The van der Waals surface area contributed by atoms with Crippen LogP contribution < -0.4 is 9.64 Å². The van der Waals surface area contributed by atoms with Crippen molar-refractivity contribution in [2.24, 2.45) is 0 Å². The Morgan fingerprint density at radius 1 is 0.672 bits per heavy atom. The van der Waals surface area contributed by atoms with Crippen LogP contribution in [0.2, 0.25) is 0 Å². The van der Waals surface area contributed by atoms with E-state index in [4.69, 9.17) is 4.74 Å². The summed E-state index contributed by atoms with van der Waals surface area (Å²) in [6, 6.07) is 61.9. The number of rotatable bonds is 9. The van der Waals surface area contributed by atoms with Crippen LogP contribution in [0.4, 0.5) is 17.1 Å². The molecule has 0 N–H and O–H groups in total. The predicted octanol–water partition coefficient (Wildman–Crippen LogP) is 15.9. The van der Waals surface area contributed by atoms with Crippen LogP contribution >= 0.6 is 11.3 Å². The number of thiophene rings is 1. The summed E-state index contributed by atoms with van der Waals surface area (Å²) in [5, 5.41) is 2.62. The fourth-order valence-electron chi connectivity index (χ4n) is 9.33. The number of ether oxygens (including phenoxy) is 1. The molecule has 4 heteroatoms. The molecule has 11 rings (SSSR count). The number of benzene rings is 7. The van der Waals surface area contributed by atoms with E-state index in [0.29, 0.717) is 5.92 Å². The maximum absolute atomic E-state index is 6.41. The molecule has 9 aromatic rings. The van der Waals surface area contributed by atoms with E-state index < -0.39 is 0 Å². The van der Waals surface area contributed by atoms with Crippen LogP contribution in [0.5, 0.6) is 5.75 Å². The van der Waals surface area contributed by atoms with Gasteiger partial charge in [0.15, 0.2) is 0 Å². The zero-order valence-electron chi connectivity index (χ0n) is 34.0. The SMILES string of the molecule is C=CC=CC1Cc2c(ccc3c4c(n(-c5ccc(-c6ccc(N(c7ccc(-c8ccccc8)cc7)c7ccc(-c8cc9ccccc9s8)cc7)cc6)cc5)c23)C=CCC4C)O1. The number of nitrogens with zero attached hydrogens (tertiary/aromatic N) is 2. The van der Waals surface area contributed by atoms with E-state index in [0.717, 1.165) is 41.3 Å². The lowest BCUT2D eigenvalue weighted by molar-refractivity contribution is 0.283. The van der Waals surface area contributed by atoms with Gasteiger partial charge in [0.05, 0.1) is 5.52 Å². The van der Waals surface area contributed by atoms with Gasteiger partial charge in [0.25, 0.3) is 0 Å². The standard InChI is InChI=1S/C57H44N2OS/c1-3-4-15-49-37-51-53(60-49)35-34-50-56-38(2)11-10-16-52(56)59(57(50)51)48-30-22-42(23-31-48)41-20-28-46(29-21-41)58(45-26-18-40(19-27-45)39-12-6-5-7-13-39)47-32-24-43(25-33-47)55-36-44-14-8-9-17-54(44)61-55/h3-10,12-36,38,49H,1,11,37H2,2H3. The number of fused-ring (bicyclic) bond motifs is 6. The van der Waals surface area contributed by atoms with Gasteiger partial charge in [-0.2, -0.15) is 0 Å². The molecular weight excluding hydrogens is 761 g/mol. The van der Waals surface area contributed by atoms with Gasteiger partial charge in [0.2, 0.25) is 0 Å². The molecule has 2 unspecified atom stereocenters. The first-order valence-electron chi connectivity index (χ1n) is 21.2. The molecule has 2 atom stereocenters. The van der Waals surface area contributed by atoms with Crippen LogP contribution in [-0.2, 0) is 6.42 Å². The first-order valence-corrected chi connectivity index (χ1v) is 22.0. The minimum absolute atomic E-state index is 0.00777. The molecule has 3 heterocycles. The van der Waals surface area contributed by atoms with Gasteiger partial charge in [-0.05, 0) is 136 Å². The molecule has 0 amide bonds. The molecule has 0 spiro atoms. The summed E-state index contributed by atoms with van der Waals surface area (Å²) in [4.78, 5) is 3.63. The second-order valence-electron chi connectivity index (χ2n) is 16.1. The molecular formula is C57H44N2OS. The molecule has 0 saturated carbocycles. The first kappa shape index (κ1) is 36.9. The molecule has 1 aliphatic carbocycles. The minimum atomic E-state index is 0.00777. The highest BCUT2D eigenvalue weighted by molar-refractivity contribution is 7.22. The summed E-state index contributed by atoms with van der Waals surface area (Å²) in [5.74, 6) is 1.42. The Bertz CT molecular complexity index is 3080. The number of aromatic nitrogens is 1. The number of allylic oxidation sites excluding steroid dienone is 3. The molecule has 2 aromatic heterocycles. The molecule has 3 nitrogen and oxygen atoms in total. The molecule has 294 valence electrons. The topological polar surface area (TPSA) is 17.4 Å². The molecule has 61 heavy (non-hydrogen) atoms. The minimum Gasteiger partial charge on any atom is -0.486 e.